The van der Waals surface area contributed by atoms with Gasteiger partial charge in [-0.25, -0.2) is 4.98 Å². The highest BCUT2D eigenvalue weighted by Crippen LogP contribution is 2.41. The molecule has 1 amide bonds. The lowest BCUT2D eigenvalue weighted by Crippen LogP contribution is -2.31. The first-order valence-corrected chi connectivity index (χ1v) is 10.5. The topological polar surface area (TPSA) is 59.0 Å². The number of hydrogen-bond donors (Lipinski definition) is 2. The number of amides is 1. The molecule has 0 aliphatic carbocycles. The zero-order valence-corrected chi connectivity index (χ0v) is 18.1. The fourth-order valence-corrected chi connectivity index (χ4v) is 4.35. The van der Waals surface area contributed by atoms with Crippen LogP contribution in [-0.2, 0) is 4.79 Å². The lowest BCUT2D eigenvalue weighted by molar-refractivity contribution is -0.113. The lowest BCUT2D eigenvalue weighted by atomic mass is 9.94. The van der Waals surface area contributed by atoms with E-state index in [0.29, 0.717) is 27.3 Å². The second kappa shape index (κ2) is 7.76. The van der Waals surface area contributed by atoms with Crippen LogP contribution in [0.15, 0.2) is 84.1 Å². The van der Waals surface area contributed by atoms with E-state index in [9.17, 15) is 4.79 Å². The number of nitrogens with one attached hydrogen (secondary N) is 2. The first kappa shape index (κ1) is 19.7. The first-order chi connectivity index (χ1) is 15.0. The average molecular weight is 449 g/mol. The number of para-hydroxylation sites is 2. The van der Waals surface area contributed by atoms with Gasteiger partial charge in [-0.05, 0) is 55.0 Å². The van der Waals surface area contributed by atoms with Crippen LogP contribution < -0.4 is 10.6 Å². The smallest absolute Gasteiger partial charge is 0.255 e. The van der Waals surface area contributed by atoms with Gasteiger partial charge in [-0.1, -0.05) is 53.5 Å². The minimum atomic E-state index is -0.440. The fourth-order valence-electron chi connectivity index (χ4n) is 3.98. The van der Waals surface area contributed by atoms with Crippen molar-refractivity contribution in [2.75, 3.05) is 10.6 Å². The number of imidazole rings is 1. The zero-order valence-electron chi connectivity index (χ0n) is 16.6. The Bertz CT molecular complexity index is 1340. The van der Waals surface area contributed by atoms with Crippen LogP contribution in [0, 0.1) is 0 Å². The molecular weight excluding hydrogens is 431 g/mol. The number of allylic oxidation sites excluding steroid dienone is 1. The van der Waals surface area contributed by atoms with Crippen molar-refractivity contribution in [1.82, 2.24) is 9.55 Å². The quantitative estimate of drug-likeness (QED) is 0.388. The Morgan fingerprint density at radius 2 is 1.71 bits per heavy atom. The van der Waals surface area contributed by atoms with E-state index in [4.69, 9.17) is 28.2 Å². The molecule has 154 valence electrons. The molecule has 5 nitrogen and oxygen atoms in total. The molecule has 0 saturated heterocycles. The summed E-state index contributed by atoms with van der Waals surface area (Å²) < 4.78 is 2.03. The van der Waals surface area contributed by atoms with E-state index in [1.807, 2.05) is 60.0 Å². The predicted molar refractivity (Wildman–Crippen MR) is 126 cm³/mol. The summed E-state index contributed by atoms with van der Waals surface area (Å²) >= 11 is 12.6. The van der Waals surface area contributed by atoms with E-state index >= 15 is 0 Å². The number of benzene rings is 3. The Morgan fingerprint density at radius 1 is 1.00 bits per heavy atom. The van der Waals surface area contributed by atoms with Crippen molar-refractivity contribution in [3.63, 3.8) is 0 Å². The summed E-state index contributed by atoms with van der Waals surface area (Å²) in [5.41, 5.74) is 4.54. The summed E-state index contributed by atoms with van der Waals surface area (Å²) in [5.74, 6) is 0.451. The summed E-state index contributed by atoms with van der Waals surface area (Å²) in [6.45, 7) is 1.88. The molecule has 0 saturated carbocycles. The standard InChI is InChI=1S/C24H18Cl2N4O/c1-14-21(23(31)28-16-12-10-15(25)11-13-16)22(17-6-2-3-7-18(17)26)30-20-9-5-4-8-19(20)29-24(30)27-14/h2-13,22H,1H3,(H,27,29)(H,28,31)/t22-/m0/s1. The number of fused-ring (bicyclic) bond motifs is 3. The van der Waals surface area contributed by atoms with Crippen molar-refractivity contribution in [3.05, 3.63) is 99.7 Å². The Balaban J connectivity index is 1.67. The molecule has 2 N–H and O–H groups in total. The molecule has 3 aromatic carbocycles. The lowest BCUT2D eigenvalue weighted by Gasteiger charge is -2.31. The second-order valence-electron chi connectivity index (χ2n) is 7.34. The van der Waals surface area contributed by atoms with Gasteiger partial charge in [-0.3, -0.25) is 9.36 Å². The molecule has 1 aliphatic heterocycles. The molecule has 0 spiro atoms. The van der Waals surface area contributed by atoms with Crippen LogP contribution >= 0.6 is 23.2 Å². The van der Waals surface area contributed by atoms with Crippen LogP contribution in [0.1, 0.15) is 18.5 Å². The van der Waals surface area contributed by atoms with Crippen molar-refractivity contribution in [3.8, 4) is 0 Å². The van der Waals surface area contributed by atoms with Gasteiger partial charge in [-0.2, -0.15) is 0 Å². The van der Waals surface area contributed by atoms with E-state index in [0.717, 1.165) is 22.3 Å². The molecule has 1 atom stereocenters. The predicted octanol–water partition coefficient (Wildman–Crippen LogP) is 6.27. The van der Waals surface area contributed by atoms with Crippen LogP contribution in [0.5, 0.6) is 0 Å². The van der Waals surface area contributed by atoms with Crippen molar-refractivity contribution >= 4 is 51.8 Å². The molecule has 0 bridgehead atoms. The van der Waals surface area contributed by atoms with E-state index < -0.39 is 6.04 Å². The zero-order chi connectivity index (χ0) is 21.5. The van der Waals surface area contributed by atoms with Gasteiger partial charge in [0.05, 0.1) is 22.6 Å². The van der Waals surface area contributed by atoms with E-state index in [2.05, 4.69) is 10.6 Å². The van der Waals surface area contributed by atoms with E-state index in [-0.39, 0.29) is 5.91 Å². The molecule has 1 aromatic heterocycles. The van der Waals surface area contributed by atoms with Gasteiger partial charge in [0.1, 0.15) is 0 Å². The monoisotopic (exact) mass is 448 g/mol. The third-order valence-electron chi connectivity index (χ3n) is 5.38. The molecule has 2 heterocycles. The van der Waals surface area contributed by atoms with Crippen molar-refractivity contribution in [1.29, 1.82) is 0 Å². The van der Waals surface area contributed by atoms with Crippen LogP contribution in [0.25, 0.3) is 11.0 Å². The van der Waals surface area contributed by atoms with Crippen LogP contribution in [0.3, 0.4) is 0 Å². The third kappa shape index (κ3) is 3.46. The highest BCUT2D eigenvalue weighted by atomic mass is 35.5. The van der Waals surface area contributed by atoms with Crippen molar-refractivity contribution in [2.45, 2.75) is 13.0 Å². The summed E-state index contributed by atoms with van der Waals surface area (Å²) in [6.07, 6.45) is 0. The highest BCUT2D eigenvalue weighted by molar-refractivity contribution is 6.31. The van der Waals surface area contributed by atoms with Gasteiger partial charge < -0.3 is 10.6 Å². The van der Waals surface area contributed by atoms with Gasteiger partial charge >= 0.3 is 0 Å². The molecule has 0 radical (unpaired) electrons. The van der Waals surface area contributed by atoms with Gasteiger partial charge in [0.15, 0.2) is 0 Å². The number of carbonyl (C=O) groups excluding carboxylic acids is 1. The molecule has 7 heteroatoms. The average Bonchev–Trinajstić information content (AvgIpc) is 3.12. The number of nitrogens with zero attached hydrogens (tertiary/aromatic N) is 2. The summed E-state index contributed by atoms with van der Waals surface area (Å²) in [4.78, 5) is 18.2. The second-order valence-corrected chi connectivity index (χ2v) is 8.19. The molecular formula is C24H18Cl2N4O. The normalized spacial score (nSPS) is 15.5. The number of halogens is 2. The van der Waals surface area contributed by atoms with Crippen molar-refractivity contribution < 1.29 is 4.79 Å². The SMILES string of the molecule is CC1=C(C(=O)Nc2ccc(Cl)cc2)[C@H](c2ccccc2Cl)n2c(nc3ccccc32)N1. The van der Waals surface area contributed by atoms with Crippen LogP contribution in [0.4, 0.5) is 11.6 Å². The maximum Gasteiger partial charge on any atom is 0.255 e. The van der Waals surface area contributed by atoms with Gasteiger partial charge in [0.25, 0.3) is 5.91 Å². The number of hydrogen-bond acceptors (Lipinski definition) is 3. The number of rotatable bonds is 3. The van der Waals surface area contributed by atoms with Gasteiger partial charge in [0.2, 0.25) is 5.95 Å². The Morgan fingerprint density at radius 3 is 2.48 bits per heavy atom. The fraction of sp³-hybridized carbons (Fsp3) is 0.0833. The molecule has 4 aromatic rings. The Kier molecular flexibility index (Phi) is 4.93. The molecule has 0 fully saturated rings. The summed E-state index contributed by atoms with van der Waals surface area (Å²) in [6, 6.07) is 22.0. The Labute approximate surface area is 189 Å². The molecule has 5 rings (SSSR count). The highest BCUT2D eigenvalue weighted by Gasteiger charge is 2.35. The maximum absolute atomic E-state index is 13.5. The molecule has 1 aliphatic rings. The minimum Gasteiger partial charge on any atom is -0.329 e. The number of anilines is 2. The Hall–Kier alpha value is -3.28. The molecule has 0 unspecified atom stereocenters. The number of carbonyl (C=O) groups is 1. The number of aromatic nitrogens is 2. The van der Waals surface area contributed by atoms with Gasteiger partial charge in [-0.15, -0.1) is 0 Å². The van der Waals surface area contributed by atoms with Crippen LogP contribution in [0.2, 0.25) is 10.0 Å². The summed E-state index contributed by atoms with van der Waals surface area (Å²) in [5, 5.41) is 7.48. The van der Waals surface area contributed by atoms with Gasteiger partial charge in [0, 0.05) is 21.4 Å². The third-order valence-corrected chi connectivity index (χ3v) is 5.97. The van der Waals surface area contributed by atoms with Crippen molar-refractivity contribution in [2.24, 2.45) is 0 Å². The van der Waals surface area contributed by atoms with E-state index in [1.165, 1.54) is 0 Å². The van der Waals surface area contributed by atoms with Crippen LogP contribution in [-0.4, -0.2) is 15.5 Å². The van der Waals surface area contributed by atoms with E-state index in [1.54, 1.807) is 24.3 Å². The minimum absolute atomic E-state index is 0.222. The maximum atomic E-state index is 13.5. The summed E-state index contributed by atoms with van der Waals surface area (Å²) in [7, 11) is 0. The largest absolute Gasteiger partial charge is 0.329 e. The molecule has 31 heavy (non-hydrogen) atoms. The first-order valence-electron chi connectivity index (χ1n) is 9.79.